The van der Waals surface area contributed by atoms with Crippen molar-refractivity contribution in [2.75, 3.05) is 24.6 Å². The summed E-state index contributed by atoms with van der Waals surface area (Å²) in [5.41, 5.74) is 2.00. The molecule has 0 saturated carbocycles. The molecule has 3 aromatic heterocycles. The minimum atomic E-state index is -0.0899. The molecule has 1 aliphatic heterocycles. The molecule has 0 N–H and O–H groups in total. The van der Waals surface area contributed by atoms with E-state index >= 15 is 0 Å². The lowest BCUT2D eigenvalue weighted by Gasteiger charge is -2.32. The summed E-state index contributed by atoms with van der Waals surface area (Å²) in [5.74, 6) is 2.38. The summed E-state index contributed by atoms with van der Waals surface area (Å²) in [6.45, 7) is 6.05. The van der Waals surface area contributed by atoms with E-state index in [1.807, 2.05) is 36.7 Å². The molecule has 0 radical (unpaired) electrons. The van der Waals surface area contributed by atoms with Crippen LogP contribution in [0.3, 0.4) is 0 Å². The van der Waals surface area contributed by atoms with Gasteiger partial charge in [-0.25, -0.2) is 9.67 Å². The summed E-state index contributed by atoms with van der Waals surface area (Å²) in [4.78, 5) is 11.2. The van der Waals surface area contributed by atoms with Gasteiger partial charge in [0, 0.05) is 12.2 Å². The highest BCUT2D eigenvalue weighted by Gasteiger charge is 2.25. The van der Waals surface area contributed by atoms with Crippen LogP contribution in [0.15, 0.2) is 41.3 Å². The molecule has 124 valence electrons. The van der Waals surface area contributed by atoms with Gasteiger partial charge in [-0.05, 0) is 32.0 Å². The van der Waals surface area contributed by atoms with Gasteiger partial charge in [-0.2, -0.15) is 5.10 Å². The molecule has 3 aromatic rings. The fourth-order valence-electron chi connectivity index (χ4n) is 2.96. The third-order valence-electron chi connectivity index (χ3n) is 4.09. The molecular weight excluding hydrogens is 306 g/mol. The quantitative estimate of drug-likeness (QED) is 0.737. The number of ether oxygens (including phenoxy) is 1. The van der Waals surface area contributed by atoms with Crippen LogP contribution in [0.4, 0.5) is 5.82 Å². The van der Waals surface area contributed by atoms with Crippen LogP contribution in [0.5, 0.6) is 0 Å². The van der Waals surface area contributed by atoms with Gasteiger partial charge in [0.15, 0.2) is 5.82 Å². The van der Waals surface area contributed by atoms with E-state index in [0.717, 1.165) is 35.3 Å². The van der Waals surface area contributed by atoms with Gasteiger partial charge >= 0.3 is 0 Å². The number of rotatable bonds is 3. The summed E-state index contributed by atoms with van der Waals surface area (Å²) in [6.07, 6.45) is 5.08. The predicted octanol–water partition coefficient (Wildman–Crippen LogP) is 2.45. The molecule has 0 aromatic carbocycles. The van der Waals surface area contributed by atoms with Crippen LogP contribution >= 0.6 is 0 Å². The van der Waals surface area contributed by atoms with Crippen molar-refractivity contribution in [3.8, 4) is 5.82 Å². The Morgan fingerprint density at radius 2 is 2.08 bits per heavy atom. The Balaban J connectivity index is 1.60. The first-order valence-electron chi connectivity index (χ1n) is 7.96. The van der Waals surface area contributed by atoms with Gasteiger partial charge in [0.2, 0.25) is 0 Å². The minimum absolute atomic E-state index is 0.0899. The molecule has 0 aliphatic carbocycles. The summed E-state index contributed by atoms with van der Waals surface area (Å²) in [5, 5.41) is 4.48. The zero-order valence-electron chi connectivity index (χ0n) is 13.7. The van der Waals surface area contributed by atoms with Gasteiger partial charge in [-0.15, -0.1) is 0 Å². The van der Waals surface area contributed by atoms with E-state index in [1.54, 1.807) is 18.7 Å². The number of hydrogen-bond donors (Lipinski definition) is 0. The number of morpholine rings is 1. The van der Waals surface area contributed by atoms with E-state index in [1.165, 1.54) is 0 Å². The van der Waals surface area contributed by atoms with Gasteiger partial charge in [0.1, 0.15) is 17.7 Å². The van der Waals surface area contributed by atoms with E-state index in [0.29, 0.717) is 13.2 Å². The number of aromatic nitrogens is 4. The summed E-state index contributed by atoms with van der Waals surface area (Å²) in [7, 11) is 0. The maximum Gasteiger partial charge on any atom is 0.174 e. The Bertz CT molecular complexity index is 827. The van der Waals surface area contributed by atoms with E-state index < -0.39 is 0 Å². The lowest BCUT2D eigenvalue weighted by atomic mass is 10.2. The largest absolute Gasteiger partial charge is 0.467 e. The highest BCUT2D eigenvalue weighted by atomic mass is 16.5. The standard InChI is InChI=1S/C17H19N5O2/c1-12-8-13(2)22(20-12)17-10-18-9-16(19-17)21-5-7-24-15(11-21)14-4-3-6-23-14/h3-4,6,8-10,15H,5,7,11H2,1-2H3. The molecule has 1 saturated heterocycles. The fourth-order valence-corrected chi connectivity index (χ4v) is 2.96. The van der Waals surface area contributed by atoms with E-state index in [-0.39, 0.29) is 6.10 Å². The van der Waals surface area contributed by atoms with Crippen LogP contribution in [-0.2, 0) is 4.74 Å². The fraction of sp³-hybridized carbons (Fsp3) is 0.353. The summed E-state index contributed by atoms with van der Waals surface area (Å²) >= 11 is 0. The Morgan fingerprint density at radius 1 is 1.21 bits per heavy atom. The van der Waals surface area contributed by atoms with Crippen LogP contribution in [0.1, 0.15) is 23.3 Å². The second-order valence-electron chi connectivity index (χ2n) is 5.90. The first-order chi connectivity index (χ1) is 11.7. The third kappa shape index (κ3) is 2.78. The number of hydrogen-bond acceptors (Lipinski definition) is 6. The molecule has 24 heavy (non-hydrogen) atoms. The van der Waals surface area contributed by atoms with Crippen molar-refractivity contribution in [1.82, 2.24) is 19.7 Å². The van der Waals surface area contributed by atoms with Crippen molar-refractivity contribution in [1.29, 1.82) is 0 Å². The van der Waals surface area contributed by atoms with Gasteiger partial charge in [0.25, 0.3) is 0 Å². The monoisotopic (exact) mass is 325 g/mol. The van der Waals surface area contributed by atoms with Gasteiger partial charge in [-0.3, -0.25) is 4.98 Å². The molecule has 1 atom stereocenters. The van der Waals surface area contributed by atoms with Crippen molar-refractivity contribution >= 4 is 5.82 Å². The molecule has 4 rings (SSSR count). The summed E-state index contributed by atoms with van der Waals surface area (Å²) in [6, 6.07) is 5.84. The second kappa shape index (κ2) is 6.09. The SMILES string of the molecule is Cc1cc(C)n(-c2cncc(N3CCOC(c4ccco4)C3)n2)n1. The molecule has 7 heteroatoms. The van der Waals surface area contributed by atoms with Crippen molar-refractivity contribution in [3.63, 3.8) is 0 Å². The maximum absolute atomic E-state index is 5.81. The third-order valence-corrected chi connectivity index (χ3v) is 4.09. The first kappa shape index (κ1) is 14.9. The number of nitrogens with zero attached hydrogens (tertiary/aromatic N) is 5. The number of anilines is 1. The molecule has 0 spiro atoms. The van der Waals surface area contributed by atoms with Crippen molar-refractivity contribution in [2.45, 2.75) is 20.0 Å². The normalized spacial score (nSPS) is 18.1. The first-order valence-corrected chi connectivity index (χ1v) is 7.96. The molecule has 0 bridgehead atoms. The van der Waals surface area contributed by atoms with Crippen LogP contribution in [-0.4, -0.2) is 39.4 Å². The average molecular weight is 325 g/mol. The van der Waals surface area contributed by atoms with Crippen molar-refractivity contribution in [2.24, 2.45) is 0 Å². The van der Waals surface area contributed by atoms with Gasteiger partial charge in [-0.1, -0.05) is 0 Å². The van der Waals surface area contributed by atoms with Gasteiger partial charge < -0.3 is 14.1 Å². The van der Waals surface area contributed by atoms with Gasteiger partial charge in [0.05, 0.1) is 37.5 Å². The number of aryl methyl sites for hydroxylation is 2. The lowest BCUT2D eigenvalue weighted by molar-refractivity contribution is 0.0255. The highest BCUT2D eigenvalue weighted by Crippen LogP contribution is 2.25. The lowest BCUT2D eigenvalue weighted by Crippen LogP contribution is -2.39. The Kier molecular flexibility index (Phi) is 3.78. The van der Waals surface area contributed by atoms with Crippen LogP contribution < -0.4 is 4.90 Å². The topological polar surface area (TPSA) is 69.2 Å². The maximum atomic E-state index is 5.81. The average Bonchev–Trinajstić information content (AvgIpc) is 3.25. The van der Waals surface area contributed by atoms with Crippen LogP contribution in [0, 0.1) is 13.8 Å². The van der Waals surface area contributed by atoms with Crippen molar-refractivity contribution < 1.29 is 9.15 Å². The van der Waals surface area contributed by atoms with E-state index in [9.17, 15) is 0 Å². The molecule has 4 heterocycles. The Hall–Kier alpha value is -2.67. The van der Waals surface area contributed by atoms with E-state index in [2.05, 4.69) is 15.0 Å². The molecule has 1 aliphatic rings. The van der Waals surface area contributed by atoms with Crippen LogP contribution in [0.25, 0.3) is 5.82 Å². The smallest absolute Gasteiger partial charge is 0.174 e. The molecule has 7 nitrogen and oxygen atoms in total. The second-order valence-corrected chi connectivity index (χ2v) is 5.90. The van der Waals surface area contributed by atoms with E-state index in [4.69, 9.17) is 14.1 Å². The van der Waals surface area contributed by atoms with Crippen molar-refractivity contribution in [3.05, 3.63) is 54.0 Å². The molecule has 1 unspecified atom stereocenters. The highest BCUT2D eigenvalue weighted by molar-refractivity contribution is 5.40. The minimum Gasteiger partial charge on any atom is -0.467 e. The Morgan fingerprint density at radius 3 is 2.83 bits per heavy atom. The number of furan rings is 1. The molecule has 1 fully saturated rings. The zero-order chi connectivity index (χ0) is 16.5. The predicted molar refractivity (Wildman–Crippen MR) is 88.2 cm³/mol. The molecule has 0 amide bonds. The Labute approximate surface area is 139 Å². The zero-order valence-corrected chi connectivity index (χ0v) is 13.7. The molecular formula is C17H19N5O2. The van der Waals surface area contributed by atoms with Crippen LogP contribution in [0.2, 0.25) is 0 Å². The summed E-state index contributed by atoms with van der Waals surface area (Å²) < 4.78 is 13.1.